The van der Waals surface area contributed by atoms with Crippen LogP contribution in [0.15, 0.2) is 34.3 Å². The van der Waals surface area contributed by atoms with Crippen molar-refractivity contribution in [1.29, 1.82) is 0 Å². The molecule has 0 amide bonds. The van der Waals surface area contributed by atoms with Crippen molar-refractivity contribution in [3.05, 3.63) is 57.6 Å². The summed E-state index contributed by atoms with van der Waals surface area (Å²) in [5.74, 6) is -1.68. The van der Waals surface area contributed by atoms with Gasteiger partial charge in [-0.05, 0) is 75.9 Å². The summed E-state index contributed by atoms with van der Waals surface area (Å²) >= 11 is 0. The van der Waals surface area contributed by atoms with Crippen molar-refractivity contribution in [3.63, 3.8) is 0 Å². The smallest absolute Gasteiger partial charge is 0.550 e. The third-order valence-corrected chi connectivity index (χ3v) is 3.57. The maximum absolute atomic E-state index is 9.99. The molecule has 0 aliphatic carbocycles. The number of carbonyl (C=O) groups is 2. The summed E-state index contributed by atoms with van der Waals surface area (Å²) in [5.41, 5.74) is 5.18. The molecule has 0 fully saturated rings. The summed E-state index contributed by atoms with van der Waals surface area (Å²) in [5, 5.41) is 37.8. The maximum Gasteiger partial charge on any atom is 2.00 e. The number of carbonyl (C=O) groups excluding carboxylic acids is 2. The number of phenolic OH excluding ortho intramolecular Hbond substituents is 2. The van der Waals surface area contributed by atoms with E-state index in [0.29, 0.717) is 11.1 Å². The summed E-state index contributed by atoms with van der Waals surface area (Å²) in [6.07, 6.45) is 3.24. The van der Waals surface area contributed by atoms with E-state index in [4.69, 9.17) is 19.8 Å². The Morgan fingerprint density at radius 1 is 0.781 bits per heavy atom. The molecule has 2 aromatic carbocycles. The number of aryl methyl sites for hydroxylation is 4. The Labute approximate surface area is 198 Å². The van der Waals surface area contributed by atoms with Gasteiger partial charge >= 0.3 is 16.8 Å². The number of aromatic hydroxyl groups is 2. The fourth-order valence-electron chi connectivity index (χ4n) is 2.51. The molecule has 32 heavy (non-hydrogen) atoms. The van der Waals surface area contributed by atoms with Gasteiger partial charge in [-0.25, -0.2) is 0 Å². The molecule has 0 bridgehead atoms. The van der Waals surface area contributed by atoms with E-state index in [-0.39, 0.29) is 34.9 Å². The second kappa shape index (κ2) is 15.6. The fourth-order valence-corrected chi connectivity index (χ4v) is 2.51. The summed E-state index contributed by atoms with van der Waals surface area (Å²) in [6.45, 7) is 9.86. The molecule has 0 aliphatic heterocycles. The Morgan fingerprint density at radius 3 is 1.34 bits per heavy atom. The minimum absolute atomic E-state index is 0. The number of aliphatic imine (C=N–C) groups is 2. The van der Waals surface area contributed by atoms with Crippen molar-refractivity contribution < 1.29 is 46.8 Å². The fraction of sp³-hybridized carbons (Fsp3) is 0.304. The SMILES string of the molecule is CC(=O)[O-].CC(=O)[O-].Cc1cc(C)c(O)c(C=NCN=Cc2cc(C)cc(C)c2O)c1.[Co+2]. The summed E-state index contributed by atoms with van der Waals surface area (Å²) in [7, 11) is 0. The van der Waals surface area contributed by atoms with Gasteiger partial charge in [-0.3, -0.25) is 9.98 Å². The van der Waals surface area contributed by atoms with Crippen LogP contribution in [0.25, 0.3) is 0 Å². The van der Waals surface area contributed by atoms with Gasteiger partial charge in [0.05, 0.1) is 0 Å². The molecule has 0 atom stereocenters. The normalized spacial score (nSPS) is 9.94. The number of rotatable bonds is 4. The van der Waals surface area contributed by atoms with Crippen molar-refractivity contribution in [2.75, 3.05) is 6.67 Å². The van der Waals surface area contributed by atoms with Gasteiger partial charge in [-0.15, -0.1) is 0 Å². The van der Waals surface area contributed by atoms with Gasteiger partial charge in [0.1, 0.15) is 18.2 Å². The van der Waals surface area contributed by atoms with Crippen LogP contribution in [0.3, 0.4) is 0 Å². The topological polar surface area (TPSA) is 145 Å². The molecule has 1 radical (unpaired) electrons. The van der Waals surface area contributed by atoms with Gasteiger partial charge in [-0.1, -0.05) is 12.1 Å². The van der Waals surface area contributed by atoms with Crippen LogP contribution in [-0.2, 0) is 26.4 Å². The number of carboxylic acids is 2. The van der Waals surface area contributed by atoms with Crippen molar-refractivity contribution >= 4 is 24.4 Å². The van der Waals surface area contributed by atoms with E-state index in [1.807, 2.05) is 52.0 Å². The largest absolute Gasteiger partial charge is 2.00 e. The minimum Gasteiger partial charge on any atom is -0.550 e. The number of hydrogen-bond donors (Lipinski definition) is 2. The van der Waals surface area contributed by atoms with Crippen LogP contribution in [0.2, 0.25) is 0 Å². The Balaban J connectivity index is 0. The molecule has 0 saturated carbocycles. The Bertz CT molecular complexity index is 886. The molecule has 175 valence electrons. The van der Waals surface area contributed by atoms with Crippen LogP contribution in [0.4, 0.5) is 0 Å². The number of carboxylic acid groups (broad SMARTS) is 2. The van der Waals surface area contributed by atoms with Gasteiger partial charge < -0.3 is 30.0 Å². The van der Waals surface area contributed by atoms with Gasteiger partial charge in [0.25, 0.3) is 0 Å². The predicted octanol–water partition coefficient (Wildman–Crippen LogP) is 1.34. The van der Waals surface area contributed by atoms with E-state index < -0.39 is 11.9 Å². The maximum atomic E-state index is 9.99. The first kappa shape index (κ1) is 31.0. The van der Waals surface area contributed by atoms with Crippen molar-refractivity contribution in [2.45, 2.75) is 41.5 Å². The Hall–Kier alpha value is -3.17. The molecule has 0 heterocycles. The second-order valence-electron chi connectivity index (χ2n) is 6.79. The molecule has 8 nitrogen and oxygen atoms in total. The molecule has 2 rings (SSSR count). The van der Waals surface area contributed by atoms with Crippen molar-refractivity contribution in [3.8, 4) is 11.5 Å². The minimum atomic E-state index is -1.08. The van der Waals surface area contributed by atoms with E-state index in [2.05, 4.69) is 9.98 Å². The number of aliphatic carboxylic acids is 2. The van der Waals surface area contributed by atoms with Gasteiger partial charge in [0.15, 0.2) is 0 Å². The zero-order valence-corrected chi connectivity index (χ0v) is 20.0. The predicted molar refractivity (Wildman–Crippen MR) is 117 cm³/mol. The van der Waals surface area contributed by atoms with Crippen LogP contribution < -0.4 is 10.2 Å². The molecule has 2 N–H and O–H groups in total. The molecular formula is C23H28CoN2O6. The van der Waals surface area contributed by atoms with Crippen LogP contribution >= 0.6 is 0 Å². The molecule has 2 aromatic rings. The van der Waals surface area contributed by atoms with E-state index in [1.54, 1.807) is 12.4 Å². The van der Waals surface area contributed by atoms with Gasteiger partial charge in [0.2, 0.25) is 0 Å². The van der Waals surface area contributed by atoms with Crippen LogP contribution in [-0.4, -0.2) is 41.2 Å². The Kier molecular flexibility index (Phi) is 15.1. The first-order chi connectivity index (χ1) is 14.3. The van der Waals surface area contributed by atoms with Gasteiger partial charge in [0, 0.05) is 35.5 Å². The quantitative estimate of drug-likeness (QED) is 0.623. The first-order valence-corrected chi connectivity index (χ1v) is 9.30. The molecule has 0 unspecified atom stereocenters. The van der Waals surface area contributed by atoms with Gasteiger partial charge in [-0.2, -0.15) is 0 Å². The van der Waals surface area contributed by atoms with E-state index in [1.165, 1.54) is 0 Å². The number of nitrogens with zero attached hydrogens (tertiary/aromatic N) is 2. The molecular weight excluding hydrogens is 459 g/mol. The molecule has 9 heteroatoms. The Morgan fingerprint density at radius 2 is 1.06 bits per heavy atom. The first-order valence-electron chi connectivity index (χ1n) is 9.30. The van der Waals surface area contributed by atoms with Crippen LogP contribution in [0.5, 0.6) is 11.5 Å². The van der Waals surface area contributed by atoms with E-state index in [9.17, 15) is 10.2 Å². The summed E-state index contributed by atoms with van der Waals surface area (Å²) in [4.78, 5) is 26.2. The third kappa shape index (κ3) is 13.2. The average molecular weight is 487 g/mol. The molecule has 0 aromatic heterocycles. The number of phenols is 2. The van der Waals surface area contributed by atoms with E-state index >= 15 is 0 Å². The van der Waals surface area contributed by atoms with E-state index in [0.717, 1.165) is 36.1 Å². The van der Waals surface area contributed by atoms with Crippen LogP contribution in [0.1, 0.15) is 47.2 Å². The zero-order valence-electron chi connectivity index (χ0n) is 18.9. The molecule has 0 saturated heterocycles. The third-order valence-electron chi connectivity index (χ3n) is 3.57. The number of benzene rings is 2. The standard InChI is InChI=1S/C19H22N2O2.2C2H4O2.Co/c1-12-5-14(3)18(22)16(7-12)9-20-11-21-10-17-8-13(2)6-15(4)19(17)23;2*1-2(3)4;/h5-10,22-23H,11H2,1-4H3;2*1H3,(H,3,4);/q;;;+2/p-2. The molecule has 0 spiro atoms. The number of hydrogen-bond acceptors (Lipinski definition) is 8. The van der Waals surface area contributed by atoms with Crippen molar-refractivity contribution in [2.24, 2.45) is 9.98 Å². The zero-order chi connectivity index (χ0) is 24.1. The molecule has 0 aliphatic rings. The second-order valence-corrected chi connectivity index (χ2v) is 6.79. The van der Waals surface area contributed by atoms with Crippen molar-refractivity contribution in [1.82, 2.24) is 0 Å². The average Bonchev–Trinajstić information content (AvgIpc) is 2.61. The van der Waals surface area contributed by atoms with Crippen LogP contribution in [0, 0.1) is 27.7 Å². The summed E-state index contributed by atoms with van der Waals surface area (Å²) < 4.78 is 0. The monoisotopic (exact) mass is 487 g/mol. The summed E-state index contributed by atoms with van der Waals surface area (Å²) in [6, 6.07) is 7.61.